The van der Waals surface area contributed by atoms with Gasteiger partial charge in [-0.2, -0.15) is 0 Å². The van der Waals surface area contributed by atoms with Gasteiger partial charge in [0.1, 0.15) is 0 Å². The van der Waals surface area contributed by atoms with Crippen LogP contribution < -0.4 is 32.8 Å². The van der Waals surface area contributed by atoms with Crippen molar-refractivity contribution in [1.29, 1.82) is 0 Å². The van der Waals surface area contributed by atoms with E-state index in [1.807, 2.05) is 0 Å². The largest absolute Gasteiger partial charge is 0.243 e. The third-order valence-electron chi connectivity index (χ3n) is 13.6. The van der Waals surface area contributed by atoms with E-state index in [1.165, 1.54) is 94.0 Å². The maximum absolute atomic E-state index is 7.05. The van der Waals surface area contributed by atoms with E-state index < -0.39 is 0 Å². The highest BCUT2D eigenvalue weighted by Crippen LogP contribution is 2.37. The Morgan fingerprint density at radius 3 is 0.984 bits per heavy atom. The van der Waals surface area contributed by atoms with Gasteiger partial charge in [0.25, 0.3) is 0 Å². The molecule has 0 radical (unpaired) electrons. The molecule has 322 valence electrons. The summed E-state index contributed by atoms with van der Waals surface area (Å²) in [6, 6.07) is 29.0. The SMILES string of the molecule is Cc1ccc2c(c1)B(c1c(C(C)(C)C)cc(C(C)(C)C)cc1C(C)(C)C)c1cc3c(cc1C=C2)B(c1c(C(C)(C)C)cc(C(C)(C)C)cc1C(C)(C)C)c1cc(Cl)ccc1C=C3. The highest BCUT2D eigenvalue weighted by atomic mass is 35.5. The van der Waals surface area contributed by atoms with Crippen LogP contribution in [0.25, 0.3) is 24.3 Å². The van der Waals surface area contributed by atoms with Crippen molar-refractivity contribution in [3.05, 3.63) is 139 Å². The molecule has 5 aromatic rings. The average molecular weight is 839 g/mol. The van der Waals surface area contributed by atoms with Gasteiger partial charge >= 0.3 is 0 Å². The van der Waals surface area contributed by atoms with E-state index in [2.05, 4.69) is 229 Å². The van der Waals surface area contributed by atoms with Crippen LogP contribution in [0.3, 0.4) is 0 Å². The molecule has 0 fully saturated rings. The molecule has 62 heavy (non-hydrogen) atoms. The van der Waals surface area contributed by atoms with Gasteiger partial charge < -0.3 is 0 Å². The maximum Gasteiger partial charge on any atom is 0.243 e. The van der Waals surface area contributed by atoms with Crippen LogP contribution in [-0.4, -0.2) is 13.4 Å². The summed E-state index contributed by atoms with van der Waals surface area (Å²) in [6.45, 7) is 45.2. The Morgan fingerprint density at radius 1 is 0.339 bits per heavy atom. The first kappa shape index (κ1) is 46.0. The molecular formula is C59H73B2Cl. The quantitative estimate of drug-likeness (QED) is 0.152. The van der Waals surface area contributed by atoms with Gasteiger partial charge in [-0.15, -0.1) is 0 Å². The van der Waals surface area contributed by atoms with Crippen LogP contribution in [0, 0.1) is 6.92 Å². The van der Waals surface area contributed by atoms with Crippen LogP contribution >= 0.6 is 11.6 Å². The highest BCUT2D eigenvalue weighted by molar-refractivity contribution is 6.99. The first-order valence-corrected chi connectivity index (χ1v) is 23.6. The van der Waals surface area contributed by atoms with E-state index in [0.29, 0.717) is 0 Å². The second-order valence-corrected chi connectivity index (χ2v) is 25.5. The molecule has 0 saturated carbocycles. The average Bonchev–Trinajstić information content (AvgIpc) is 3.37. The highest BCUT2D eigenvalue weighted by Gasteiger charge is 2.41. The summed E-state index contributed by atoms with van der Waals surface area (Å²) in [5.41, 5.74) is 22.7. The van der Waals surface area contributed by atoms with Gasteiger partial charge in [-0.3, -0.25) is 0 Å². The van der Waals surface area contributed by atoms with Gasteiger partial charge in [-0.25, -0.2) is 0 Å². The van der Waals surface area contributed by atoms with Crippen molar-refractivity contribution in [2.24, 2.45) is 0 Å². The predicted octanol–water partition coefficient (Wildman–Crippen LogP) is 12.4. The van der Waals surface area contributed by atoms with Crippen LogP contribution in [-0.2, 0) is 32.5 Å². The molecule has 3 heteroatoms. The van der Waals surface area contributed by atoms with Gasteiger partial charge in [-0.1, -0.05) is 260 Å². The summed E-state index contributed by atoms with van der Waals surface area (Å²) in [7, 11) is 0. The van der Waals surface area contributed by atoms with Crippen molar-refractivity contribution < 1.29 is 0 Å². The summed E-state index contributed by atoms with van der Waals surface area (Å²) < 4.78 is 0. The zero-order chi connectivity index (χ0) is 45.9. The summed E-state index contributed by atoms with van der Waals surface area (Å²) >= 11 is 7.05. The molecule has 0 aromatic heterocycles. The van der Waals surface area contributed by atoms with Gasteiger partial charge in [-0.05, 0) is 107 Å². The minimum absolute atomic E-state index is 0.00392. The summed E-state index contributed by atoms with van der Waals surface area (Å²) in [4.78, 5) is 0. The minimum Gasteiger partial charge on any atom is -0.0844 e. The Hall–Kier alpha value is -4.00. The van der Waals surface area contributed by atoms with Gasteiger partial charge in [0.2, 0.25) is 13.4 Å². The van der Waals surface area contributed by atoms with Crippen molar-refractivity contribution >= 4 is 82.1 Å². The third kappa shape index (κ3) is 8.64. The van der Waals surface area contributed by atoms with Crippen LogP contribution in [0.15, 0.2) is 72.8 Å². The van der Waals surface area contributed by atoms with Crippen molar-refractivity contribution in [3.8, 4) is 0 Å². The first-order valence-electron chi connectivity index (χ1n) is 23.2. The summed E-state index contributed by atoms with van der Waals surface area (Å²) in [5, 5.41) is 0.773. The molecule has 0 atom stereocenters. The second-order valence-electron chi connectivity index (χ2n) is 25.0. The van der Waals surface area contributed by atoms with Crippen LogP contribution in [0.5, 0.6) is 0 Å². The maximum atomic E-state index is 7.05. The molecule has 0 saturated heterocycles. The Bertz CT molecular complexity index is 2390. The van der Waals surface area contributed by atoms with Crippen LogP contribution in [0.4, 0.5) is 0 Å². The number of benzene rings is 5. The zero-order valence-corrected chi connectivity index (χ0v) is 42.5. The standard InChI is InChI=1S/C59H73B2Cl/c1-36-20-21-37-22-24-39-30-50-40(29-49(39)60(48(37)28-36)52-44(56(8,9)10)31-41(54(2,3)4)32-45(52)57(11,12)13)25-23-38-26-27-43(62)35-51(38)61(50)53-46(58(14,15)16)33-42(55(5,6)7)34-47(53)59(17,18)19/h20-35H,1-19H3. The lowest BCUT2D eigenvalue weighted by atomic mass is 9.31. The number of rotatable bonds is 2. The molecule has 7 rings (SSSR count). The molecule has 0 amide bonds. The molecule has 2 aliphatic heterocycles. The molecule has 0 spiro atoms. The van der Waals surface area contributed by atoms with E-state index in [4.69, 9.17) is 11.6 Å². The fourth-order valence-corrected chi connectivity index (χ4v) is 10.3. The molecule has 0 N–H and O–H groups in total. The van der Waals surface area contributed by atoms with E-state index in [1.54, 1.807) is 0 Å². The van der Waals surface area contributed by atoms with E-state index in [9.17, 15) is 0 Å². The molecule has 2 heterocycles. The lowest BCUT2D eigenvalue weighted by molar-refractivity contribution is 0.552. The van der Waals surface area contributed by atoms with E-state index >= 15 is 0 Å². The van der Waals surface area contributed by atoms with Crippen molar-refractivity contribution in [1.82, 2.24) is 0 Å². The Morgan fingerprint density at radius 2 is 0.645 bits per heavy atom. The number of hydrogen-bond acceptors (Lipinski definition) is 0. The van der Waals surface area contributed by atoms with Crippen LogP contribution in [0.2, 0.25) is 5.02 Å². The Kier molecular flexibility index (Phi) is 11.4. The molecule has 0 aliphatic carbocycles. The molecule has 5 aromatic carbocycles. The fourth-order valence-electron chi connectivity index (χ4n) is 10.1. The number of aryl methyl sites for hydroxylation is 1. The fraction of sp³-hybridized carbons (Fsp3) is 0.424. The lowest BCUT2D eigenvalue weighted by Gasteiger charge is -2.37. The van der Waals surface area contributed by atoms with E-state index in [-0.39, 0.29) is 45.9 Å². The molecule has 2 aliphatic rings. The smallest absolute Gasteiger partial charge is 0.0844 e. The van der Waals surface area contributed by atoms with Gasteiger partial charge in [0, 0.05) is 5.02 Å². The third-order valence-corrected chi connectivity index (χ3v) is 13.8. The molecule has 0 bridgehead atoms. The molecular weight excluding hydrogens is 766 g/mol. The monoisotopic (exact) mass is 839 g/mol. The van der Waals surface area contributed by atoms with Gasteiger partial charge in [0.05, 0.1) is 0 Å². The molecule has 0 unspecified atom stereocenters. The number of halogens is 1. The lowest BCUT2D eigenvalue weighted by Crippen LogP contribution is -2.60. The topological polar surface area (TPSA) is 0 Å². The Labute approximate surface area is 383 Å². The second kappa shape index (κ2) is 15.3. The van der Waals surface area contributed by atoms with Crippen molar-refractivity contribution in [2.45, 2.75) is 164 Å². The molecule has 0 nitrogen and oxygen atoms in total. The van der Waals surface area contributed by atoms with Crippen molar-refractivity contribution in [2.75, 3.05) is 0 Å². The predicted molar refractivity (Wildman–Crippen MR) is 281 cm³/mol. The van der Waals surface area contributed by atoms with Gasteiger partial charge in [0.15, 0.2) is 0 Å². The summed E-state index contributed by atoms with van der Waals surface area (Å²) in [6.07, 6.45) is 9.57. The number of fused-ring (bicyclic) bond motifs is 4. The normalized spacial score (nSPS) is 14.6. The Balaban J connectivity index is 1.66. The van der Waals surface area contributed by atoms with Crippen LogP contribution in [0.1, 0.15) is 186 Å². The van der Waals surface area contributed by atoms with Crippen molar-refractivity contribution in [3.63, 3.8) is 0 Å². The minimum atomic E-state index is -0.114. The zero-order valence-electron chi connectivity index (χ0n) is 41.8. The van der Waals surface area contributed by atoms with E-state index in [0.717, 1.165) is 5.02 Å². The summed E-state index contributed by atoms with van der Waals surface area (Å²) in [5.74, 6) is 0. The first-order chi connectivity index (χ1) is 28.4. The number of hydrogen-bond donors (Lipinski definition) is 0.